The molecule has 1 saturated carbocycles. The lowest BCUT2D eigenvalue weighted by Gasteiger charge is -2.27. The van der Waals surface area contributed by atoms with Crippen molar-refractivity contribution in [3.8, 4) is 0 Å². The van der Waals surface area contributed by atoms with Gasteiger partial charge in [-0.3, -0.25) is 0 Å². The summed E-state index contributed by atoms with van der Waals surface area (Å²) in [7, 11) is 0. The molecule has 4 heteroatoms. The van der Waals surface area contributed by atoms with Gasteiger partial charge in [0, 0.05) is 13.2 Å². The van der Waals surface area contributed by atoms with Crippen LogP contribution in [-0.4, -0.2) is 48.7 Å². The Morgan fingerprint density at radius 1 is 1.32 bits per heavy atom. The van der Waals surface area contributed by atoms with E-state index in [1.54, 1.807) is 0 Å². The van der Waals surface area contributed by atoms with Crippen molar-refractivity contribution in [2.24, 2.45) is 11.8 Å². The predicted octanol–water partition coefficient (Wildman–Crippen LogP) is 1.55. The van der Waals surface area contributed by atoms with Gasteiger partial charge in [-0.2, -0.15) is 0 Å². The fraction of sp³-hybridized carbons (Fsp3) is 1.00. The second-order valence-electron chi connectivity index (χ2n) is 6.16. The average Bonchev–Trinajstić information content (AvgIpc) is 2.37. The van der Waals surface area contributed by atoms with E-state index >= 15 is 0 Å². The number of hydrogen-bond donors (Lipinski definition) is 3. The van der Waals surface area contributed by atoms with Crippen LogP contribution in [0.5, 0.6) is 0 Å². The topological polar surface area (TPSA) is 61.7 Å². The summed E-state index contributed by atoms with van der Waals surface area (Å²) in [5.41, 5.74) is 0. The van der Waals surface area contributed by atoms with Crippen LogP contribution in [0.25, 0.3) is 0 Å². The maximum absolute atomic E-state index is 9.85. The highest BCUT2D eigenvalue weighted by atomic mass is 16.5. The molecule has 3 N–H and O–H groups in total. The number of rotatable bonds is 9. The molecule has 0 radical (unpaired) electrons. The lowest BCUT2D eigenvalue weighted by atomic mass is 9.89. The van der Waals surface area contributed by atoms with Crippen LogP contribution in [0, 0.1) is 11.8 Å². The summed E-state index contributed by atoms with van der Waals surface area (Å²) < 4.78 is 5.79. The fourth-order valence-corrected chi connectivity index (χ4v) is 2.65. The quantitative estimate of drug-likeness (QED) is 0.596. The van der Waals surface area contributed by atoms with Crippen molar-refractivity contribution in [3.05, 3.63) is 0 Å². The first-order valence-corrected chi connectivity index (χ1v) is 7.73. The molecular weight excluding hydrogens is 242 g/mol. The number of aliphatic hydroxyl groups is 2. The highest BCUT2D eigenvalue weighted by Gasteiger charge is 2.20. The third-order valence-corrected chi connectivity index (χ3v) is 3.91. The van der Waals surface area contributed by atoms with Gasteiger partial charge in [0.05, 0.1) is 18.8 Å². The molecule has 0 aromatic carbocycles. The summed E-state index contributed by atoms with van der Waals surface area (Å²) in [6.07, 6.45) is 5.54. The summed E-state index contributed by atoms with van der Waals surface area (Å²) in [6.45, 7) is 6.43. The van der Waals surface area contributed by atoms with Crippen molar-refractivity contribution in [2.75, 3.05) is 26.3 Å². The first-order valence-electron chi connectivity index (χ1n) is 7.73. The molecule has 0 saturated heterocycles. The molecule has 4 atom stereocenters. The summed E-state index contributed by atoms with van der Waals surface area (Å²) in [5.74, 6) is 1.20. The van der Waals surface area contributed by atoms with Crippen molar-refractivity contribution >= 4 is 0 Å². The molecule has 1 aliphatic rings. The molecule has 1 aliphatic carbocycles. The van der Waals surface area contributed by atoms with Crippen molar-refractivity contribution in [1.29, 1.82) is 0 Å². The number of aliphatic hydroxyl groups excluding tert-OH is 2. The maximum atomic E-state index is 9.85. The zero-order valence-electron chi connectivity index (χ0n) is 12.5. The van der Waals surface area contributed by atoms with Crippen LogP contribution in [-0.2, 0) is 4.74 Å². The van der Waals surface area contributed by atoms with Gasteiger partial charge in [-0.1, -0.05) is 26.7 Å². The first-order chi connectivity index (χ1) is 9.11. The van der Waals surface area contributed by atoms with Crippen molar-refractivity contribution < 1.29 is 14.9 Å². The van der Waals surface area contributed by atoms with Crippen LogP contribution in [0.3, 0.4) is 0 Å². The Labute approximate surface area is 117 Å². The van der Waals surface area contributed by atoms with E-state index in [-0.39, 0.29) is 6.61 Å². The number of nitrogens with one attached hydrogen (secondary N) is 1. The van der Waals surface area contributed by atoms with Gasteiger partial charge >= 0.3 is 0 Å². The minimum atomic E-state index is -0.432. The Balaban J connectivity index is 2.02. The standard InChI is InChI=1S/C15H31NO3/c1-12-4-3-5-15(8-12)19-11-14(18)10-16-9-13(2)6-7-17/h12-18H,3-11H2,1-2H3. The van der Waals surface area contributed by atoms with E-state index in [9.17, 15) is 5.11 Å². The molecule has 1 fully saturated rings. The van der Waals surface area contributed by atoms with E-state index in [1.165, 1.54) is 12.8 Å². The van der Waals surface area contributed by atoms with Gasteiger partial charge < -0.3 is 20.3 Å². The van der Waals surface area contributed by atoms with Crippen LogP contribution in [0.4, 0.5) is 0 Å². The van der Waals surface area contributed by atoms with E-state index in [0.717, 1.165) is 31.7 Å². The summed E-state index contributed by atoms with van der Waals surface area (Å²) in [6, 6.07) is 0. The average molecular weight is 273 g/mol. The third kappa shape index (κ3) is 7.88. The molecular formula is C15H31NO3. The Bertz CT molecular complexity index is 225. The summed E-state index contributed by atoms with van der Waals surface area (Å²) in [5, 5.41) is 21.9. The van der Waals surface area contributed by atoms with Gasteiger partial charge in [-0.15, -0.1) is 0 Å². The second kappa shape index (κ2) is 9.70. The van der Waals surface area contributed by atoms with Crippen LogP contribution in [0.15, 0.2) is 0 Å². The van der Waals surface area contributed by atoms with Crippen molar-refractivity contribution in [3.63, 3.8) is 0 Å². The molecule has 0 spiro atoms. The van der Waals surface area contributed by atoms with Crippen molar-refractivity contribution in [2.45, 2.75) is 58.2 Å². The van der Waals surface area contributed by atoms with Crippen LogP contribution >= 0.6 is 0 Å². The maximum Gasteiger partial charge on any atom is 0.0897 e. The van der Waals surface area contributed by atoms with E-state index < -0.39 is 6.10 Å². The highest BCUT2D eigenvalue weighted by molar-refractivity contribution is 4.71. The van der Waals surface area contributed by atoms with Crippen LogP contribution in [0.1, 0.15) is 46.0 Å². The van der Waals surface area contributed by atoms with Gasteiger partial charge in [0.15, 0.2) is 0 Å². The van der Waals surface area contributed by atoms with Gasteiger partial charge in [0.1, 0.15) is 0 Å². The lowest BCUT2D eigenvalue weighted by molar-refractivity contribution is -0.0307. The van der Waals surface area contributed by atoms with Gasteiger partial charge in [-0.05, 0) is 37.6 Å². The Morgan fingerprint density at radius 2 is 2.11 bits per heavy atom. The van der Waals surface area contributed by atoms with E-state index in [4.69, 9.17) is 9.84 Å². The Hall–Kier alpha value is -0.160. The lowest BCUT2D eigenvalue weighted by Crippen LogP contribution is -2.35. The molecule has 0 amide bonds. The van der Waals surface area contributed by atoms with Gasteiger partial charge in [0.2, 0.25) is 0 Å². The largest absolute Gasteiger partial charge is 0.396 e. The molecule has 0 aromatic heterocycles. The minimum absolute atomic E-state index is 0.231. The zero-order valence-corrected chi connectivity index (χ0v) is 12.5. The molecule has 4 nitrogen and oxygen atoms in total. The number of hydrogen-bond acceptors (Lipinski definition) is 4. The van der Waals surface area contributed by atoms with Crippen LogP contribution in [0.2, 0.25) is 0 Å². The van der Waals surface area contributed by atoms with Gasteiger partial charge in [-0.25, -0.2) is 0 Å². The highest BCUT2D eigenvalue weighted by Crippen LogP contribution is 2.25. The Kier molecular flexibility index (Phi) is 8.62. The van der Waals surface area contributed by atoms with E-state index in [1.807, 2.05) is 0 Å². The Morgan fingerprint density at radius 3 is 2.79 bits per heavy atom. The molecule has 114 valence electrons. The monoisotopic (exact) mass is 273 g/mol. The summed E-state index contributed by atoms with van der Waals surface area (Å²) in [4.78, 5) is 0. The molecule has 19 heavy (non-hydrogen) atoms. The smallest absolute Gasteiger partial charge is 0.0897 e. The SMILES string of the molecule is CC(CCO)CNCC(O)COC1CCCC(C)C1. The summed E-state index contributed by atoms with van der Waals surface area (Å²) >= 11 is 0. The molecule has 1 rings (SSSR count). The van der Waals surface area contributed by atoms with Gasteiger partial charge in [0.25, 0.3) is 0 Å². The molecule has 0 aromatic rings. The third-order valence-electron chi connectivity index (χ3n) is 3.91. The molecule has 4 unspecified atom stereocenters. The van der Waals surface area contributed by atoms with E-state index in [0.29, 0.717) is 25.2 Å². The van der Waals surface area contributed by atoms with Crippen LogP contribution < -0.4 is 5.32 Å². The fourth-order valence-electron chi connectivity index (χ4n) is 2.65. The van der Waals surface area contributed by atoms with E-state index in [2.05, 4.69) is 19.2 Å². The van der Waals surface area contributed by atoms with Crippen molar-refractivity contribution in [1.82, 2.24) is 5.32 Å². The predicted molar refractivity (Wildman–Crippen MR) is 77.1 cm³/mol. The first kappa shape index (κ1) is 16.9. The molecule has 0 heterocycles. The molecule has 0 bridgehead atoms. The number of ether oxygens (including phenoxy) is 1. The zero-order chi connectivity index (χ0) is 14.1. The second-order valence-corrected chi connectivity index (χ2v) is 6.16. The minimum Gasteiger partial charge on any atom is -0.396 e. The molecule has 0 aliphatic heterocycles. The normalized spacial score (nSPS) is 27.2.